The molecule has 7 nitrogen and oxygen atoms in total. The van der Waals surface area contributed by atoms with Gasteiger partial charge in [-0.05, 0) is 69.2 Å². The fourth-order valence-electron chi connectivity index (χ4n) is 3.24. The van der Waals surface area contributed by atoms with E-state index in [9.17, 15) is 9.59 Å². The van der Waals surface area contributed by atoms with Crippen LogP contribution in [0.15, 0.2) is 59.5 Å². The van der Waals surface area contributed by atoms with E-state index < -0.39 is 0 Å². The van der Waals surface area contributed by atoms with Gasteiger partial charge in [0.05, 0.1) is 17.5 Å². The number of nitrogens with one attached hydrogen (secondary N) is 1. The number of carbonyl (C=O) groups is 1. The third-order valence-corrected chi connectivity index (χ3v) is 4.70. The monoisotopic (exact) mass is 406 g/mol. The SMILES string of the molecule is Cc1cn(-c2ccc(C(=N)N)cc2)c(=O)n1-c1ccc(CCC(=O)OC(C)C)cc1. The molecule has 0 saturated heterocycles. The number of rotatable bonds is 7. The number of aryl methyl sites for hydroxylation is 2. The third-order valence-electron chi connectivity index (χ3n) is 4.70. The summed E-state index contributed by atoms with van der Waals surface area (Å²) in [4.78, 5) is 24.7. The molecule has 7 heteroatoms. The van der Waals surface area contributed by atoms with Gasteiger partial charge in [0.15, 0.2) is 0 Å². The second-order valence-electron chi connectivity index (χ2n) is 7.42. The maximum absolute atomic E-state index is 13.0. The van der Waals surface area contributed by atoms with Crippen LogP contribution in [0, 0.1) is 12.3 Å². The minimum Gasteiger partial charge on any atom is -0.463 e. The van der Waals surface area contributed by atoms with E-state index in [2.05, 4.69) is 0 Å². The van der Waals surface area contributed by atoms with Gasteiger partial charge in [0.2, 0.25) is 0 Å². The summed E-state index contributed by atoms with van der Waals surface area (Å²) >= 11 is 0. The zero-order valence-corrected chi connectivity index (χ0v) is 17.4. The van der Waals surface area contributed by atoms with Gasteiger partial charge in [0.25, 0.3) is 0 Å². The molecule has 2 aromatic carbocycles. The van der Waals surface area contributed by atoms with Crippen molar-refractivity contribution in [3.63, 3.8) is 0 Å². The molecule has 0 fully saturated rings. The van der Waals surface area contributed by atoms with Gasteiger partial charge < -0.3 is 10.5 Å². The molecule has 0 radical (unpaired) electrons. The first-order valence-electron chi connectivity index (χ1n) is 9.81. The standard InChI is InChI=1S/C23H26N4O3/c1-15(2)30-21(28)13-6-17-4-9-20(10-5-17)27-16(3)14-26(23(27)29)19-11-7-18(8-12-19)22(24)25/h4-5,7-12,14-15H,6,13H2,1-3H3,(H3,24,25). The molecule has 0 aliphatic carbocycles. The van der Waals surface area contributed by atoms with Gasteiger partial charge in [-0.3, -0.25) is 19.3 Å². The first kappa shape index (κ1) is 21.1. The number of imidazole rings is 1. The van der Waals surface area contributed by atoms with Crippen LogP contribution in [0.2, 0.25) is 0 Å². The van der Waals surface area contributed by atoms with Crippen LogP contribution in [-0.4, -0.2) is 27.0 Å². The van der Waals surface area contributed by atoms with Crippen molar-refractivity contribution < 1.29 is 9.53 Å². The van der Waals surface area contributed by atoms with E-state index in [1.54, 1.807) is 39.6 Å². The Morgan fingerprint density at radius 2 is 1.67 bits per heavy atom. The topological polar surface area (TPSA) is 103 Å². The van der Waals surface area contributed by atoms with Crippen LogP contribution in [0.4, 0.5) is 0 Å². The van der Waals surface area contributed by atoms with E-state index >= 15 is 0 Å². The smallest absolute Gasteiger partial charge is 0.337 e. The predicted octanol–water partition coefficient (Wildman–Crippen LogP) is 3.10. The average Bonchev–Trinajstić information content (AvgIpc) is 3.00. The molecule has 1 aromatic heterocycles. The quantitative estimate of drug-likeness (QED) is 0.357. The van der Waals surface area contributed by atoms with E-state index in [1.165, 1.54) is 0 Å². The molecular formula is C23H26N4O3. The van der Waals surface area contributed by atoms with Gasteiger partial charge in [-0.2, -0.15) is 0 Å². The number of carbonyl (C=O) groups excluding carboxylic acids is 1. The first-order chi connectivity index (χ1) is 14.3. The van der Waals surface area contributed by atoms with Crippen molar-refractivity contribution >= 4 is 11.8 Å². The summed E-state index contributed by atoms with van der Waals surface area (Å²) in [6.45, 7) is 5.53. The van der Waals surface area contributed by atoms with Gasteiger partial charge in [0.1, 0.15) is 5.84 Å². The molecule has 3 rings (SSSR count). The van der Waals surface area contributed by atoms with Crippen molar-refractivity contribution in [1.82, 2.24) is 9.13 Å². The van der Waals surface area contributed by atoms with Crippen LogP contribution in [0.1, 0.15) is 37.1 Å². The average molecular weight is 406 g/mol. The summed E-state index contributed by atoms with van der Waals surface area (Å²) in [6, 6.07) is 14.6. The molecule has 0 spiro atoms. The van der Waals surface area contributed by atoms with E-state index in [-0.39, 0.29) is 23.6 Å². The Labute approximate surface area is 175 Å². The Bertz CT molecular complexity index is 1110. The molecule has 0 amide bonds. The van der Waals surface area contributed by atoms with E-state index in [0.717, 1.165) is 16.9 Å². The molecule has 30 heavy (non-hydrogen) atoms. The zero-order valence-electron chi connectivity index (χ0n) is 17.4. The number of benzene rings is 2. The maximum atomic E-state index is 13.0. The lowest BCUT2D eigenvalue weighted by Crippen LogP contribution is -2.22. The Morgan fingerprint density at radius 1 is 1.07 bits per heavy atom. The van der Waals surface area contributed by atoms with Crippen molar-refractivity contribution in [1.29, 1.82) is 5.41 Å². The van der Waals surface area contributed by atoms with Crippen molar-refractivity contribution in [3.8, 4) is 11.4 Å². The number of nitrogens with two attached hydrogens (primary N) is 1. The number of nitrogens with zero attached hydrogens (tertiary/aromatic N) is 2. The zero-order chi connectivity index (χ0) is 21.8. The Balaban J connectivity index is 1.80. The summed E-state index contributed by atoms with van der Waals surface area (Å²) in [7, 11) is 0. The highest BCUT2D eigenvalue weighted by atomic mass is 16.5. The van der Waals surface area contributed by atoms with Crippen LogP contribution in [0.3, 0.4) is 0 Å². The molecule has 0 saturated carbocycles. The highest BCUT2D eigenvalue weighted by Crippen LogP contribution is 2.15. The van der Waals surface area contributed by atoms with Crippen LogP contribution >= 0.6 is 0 Å². The van der Waals surface area contributed by atoms with Crippen LogP contribution < -0.4 is 11.4 Å². The number of hydrogen-bond acceptors (Lipinski definition) is 4. The van der Waals surface area contributed by atoms with Crippen molar-refractivity contribution in [2.45, 2.75) is 39.7 Å². The van der Waals surface area contributed by atoms with E-state index in [0.29, 0.717) is 24.1 Å². The largest absolute Gasteiger partial charge is 0.463 e. The Kier molecular flexibility index (Phi) is 6.20. The normalized spacial score (nSPS) is 10.9. The molecule has 0 unspecified atom stereocenters. The maximum Gasteiger partial charge on any atom is 0.337 e. The van der Waals surface area contributed by atoms with Gasteiger partial charge in [0, 0.05) is 23.9 Å². The van der Waals surface area contributed by atoms with Crippen LogP contribution in [-0.2, 0) is 16.0 Å². The van der Waals surface area contributed by atoms with Crippen molar-refractivity contribution in [3.05, 3.63) is 82.0 Å². The lowest BCUT2D eigenvalue weighted by Gasteiger charge is -2.08. The molecule has 156 valence electrons. The molecule has 0 aliphatic rings. The highest BCUT2D eigenvalue weighted by Gasteiger charge is 2.12. The molecule has 0 aliphatic heterocycles. The minimum atomic E-state index is -0.214. The summed E-state index contributed by atoms with van der Waals surface area (Å²) in [6.07, 6.45) is 2.57. The summed E-state index contributed by atoms with van der Waals surface area (Å²) in [5.41, 5.74) is 9.17. The number of nitrogen functional groups attached to an aromatic ring is 1. The van der Waals surface area contributed by atoms with E-state index in [4.69, 9.17) is 15.9 Å². The van der Waals surface area contributed by atoms with Gasteiger partial charge in [-0.15, -0.1) is 0 Å². The van der Waals surface area contributed by atoms with Crippen LogP contribution in [0.25, 0.3) is 11.4 Å². The number of aromatic nitrogens is 2. The molecule has 0 atom stereocenters. The van der Waals surface area contributed by atoms with Crippen molar-refractivity contribution in [2.75, 3.05) is 0 Å². The first-order valence-corrected chi connectivity index (χ1v) is 9.81. The second kappa shape index (κ2) is 8.82. The van der Waals surface area contributed by atoms with Crippen LogP contribution in [0.5, 0.6) is 0 Å². The lowest BCUT2D eigenvalue weighted by atomic mass is 10.1. The molecule has 1 heterocycles. The summed E-state index contributed by atoms with van der Waals surface area (Å²) in [5, 5.41) is 7.48. The summed E-state index contributed by atoms with van der Waals surface area (Å²) < 4.78 is 8.36. The second-order valence-corrected chi connectivity index (χ2v) is 7.42. The fraction of sp³-hybridized carbons (Fsp3) is 0.261. The molecular weight excluding hydrogens is 380 g/mol. The molecule has 3 N–H and O–H groups in total. The highest BCUT2D eigenvalue weighted by molar-refractivity contribution is 5.95. The van der Waals surface area contributed by atoms with Gasteiger partial charge in [-0.25, -0.2) is 4.79 Å². The summed E-state index contributed by atoms with van der Waals surface area (Å²) in [5.74, 6) is -0.228. The Morgan fingerprint density at radius 3 is 2.23 bits per heavy atom. The van der Waals surface area contributed by atoms with E-state index in [1.807, 2.05) is 45.0 Å². The number of esters is 1. The fourth-order valence-corrected chi connectivity index (χ4v) is 3.24. The Hall–Kier alpha value is -3.61. The van der Waals surface area contributed by atoms with Gasteiger partial charge >= 0.3 is 11.7 Å². The molecule has 0 bridgehead atoms. The lowest BCUT2D eigenvalue weighted by molar-refractivity contribution is -0.147. The number of amidine groups is 1. The number of ether oxygens (including phenoxy) is 1. The third kappa shape index (κ3) is 4.68. The number of hydrogen-bond donors (Lipinski definition) is 2. The molecule has 3 aromatic rings. The predicted molar refractivity (Wildman–Crippen MR) is 117 cm³/mol. The van der Waals surface area contributed by atoms with Gasteiger partial charge in [-0.1, -0.05) is 12.1 Å². The minimum absolute atomic E-state index is 0.0137. The van der Waals surface area contributed by atoms with Crippen molar-refractivity contribution in [2.24, 2.45) is 5.73 Å².